The van der Waals surface area contributed by atoms with E-state index >= 15 is 0 Å². The van der Waals surface area contributed by atoms with Gasteiger partial charge in [0.25, 0.3) is 0 Å². The molecule has 13 heavy (non-hydrogen) atoms. The Morgan fingerprint density at radius 2 is 1.77 bits per heavy atom. The average Bonchev–Trinajstić information content (AvgIpc) is 2.20. The minimum atomic E-state index is 1.08. The third kappa shape index (κ3) is 1.81. The van der Waals surface area contributed by atoms with Gasteiger partial charge in [-0.15, -0.1) is 0 Å². The van der Waals surface area contributed by atoms with E-state index in [-0.39, 0.29) is 0 Å². The maximum absolute atomic E-state index is 3.50. The molecule has 0 spiro atoms. The highest BCUT2D eigenvalue weighted by molar-refractivity contribution is 9.10. The number of benzene rings is 2. The molecule has 0 amide bonds. The monoisotopic (exact) mass is 231 g/mol. The lowest BCUT2D eigenvalue weighted by Gasteiger charge is -2.02. The van der Waals surface area contributed by atoms with Crippen molar-refractivity contribution in [3.63, 3.8) is 0 Å². The van der Waals surface area contributed by atoms with E-state index in [4.69, 9.17) is 0 Å². The molecule has 2 aromatic carbocycles. The standard InChI is InChI=1S/C12H8Br/c13-12-9-5-4-8-11(12)10-6-2-1-3-7-10/h1-4,6-9H. The van der Waals surface area contributed by atoms with Gasteiger partial charge in [-0.3, -0.25) is 0 Å². The lowest BCUT2D eigenvalue weighted by Crippen LogP contribution is -1.77. The number of halogens is 1. The normalized spacial score (nSPS) is 9.92. The third-order valence-electron chi connectivity index (χ3n) is 1.90. The Hall–Kier alpha value is -1.08. The van der Waals surface area contributed by atoms with Gasteiger partial charge in [-0.25, -0.2) is 0 Å². The van der Waals surface area contributed by atoms with Crippen molar-refractivity contribution in [3.05, 3.63) is 59.1 Å². The van der Waals surface area contributed by atoms with Crippen molar-refractivity contribution in [3.8, 4) is 11.1 Å². The fourth-order valence-electron chi connectivity index (χ4n) is 1.26. The van der Waals surface area contributed by atoms with Crippen LogP contribution in [0.2, 0.25) is 0 Å². The highest BCUT2D eigenvalue weighted by Crippen LogP contribution is 2.26. The van der Waals surface area contributed by atoms with Crippen LogP contribution in [0.4, 0.5) is 0 Å². The fraction of sp³-hybridized carbons (Fsp3) is 0. The summed E-state index contributed by atoms with van der Waals surface area (Å²) in [5, 5.41) is 0. The lowest BCUT2D eigenvalue weighted by atomic mass is 10.1. The topological polar surface area (TPSA) is 0 Å². The van der Waals surface area contributed by atoms with Gasteiger partial charge in [-0.1, -0.05) is 58.4 Å². The first-order valence-corrected chi connectivity index (χ1v) is 4.88. The van der Waals surface area contributed by atoms with Crippen molar-refractivity contribution in [2.45, 2.75) is 0 Å². The quantitative estimate of drug-likeness (QED) is 0.699. The summed E-state index contributed by atoms with van der Waals surface area (Å²) in [6, 6.07) is 19.2. The number of hydrogen-bond acceptors (Lipinski definition) is 0. The summed E-state index contributed by atoms with van der Waals surface area (Å²) < 4.78 is 1.08. The Bertz CT molecular complexity index is 393. The van der Waals surface area contributed by atoms with Gasteiger partial charge in [0.2, 0.25) is 0 Å². The molecule has 2 aromatic rings. The molecule has 1 radical (unpaired) electrons. The van der Waals surface area contributed by atoms with Crippen molar-refractivity contribution in [1.82, 2.24) is 0 Å². The molecular formula is C12H8Br. The molecule has 0 fully saturated rings. The molecule has 0 heterocycles. The fourth-order valence-corrected chi connectivity index (χ4v) is 1.76. The summed E-state index contributed by atoms with van der Waals surface area (Å²) in [7, 11) is 0. The molecule has 0 saturated carbocycles. The molecule has 1 heteroatoms. The zero-order chi connectivity index (χ0) is 9.10. The van der Waals surface area contributed by atoms with Crippen LogP contribution in [0.15, 0.2) is 53.0 Å². The van der Waals surface area contributed by atoms with Crippen LogP contribution in [0.1, 0.15) is 0 Å². The first-order chi connectivity index (χ1) is 6.38. The van der Waals surface area contributed by atoms with Gasteiger partial charge >= 0.3 is 0 Å². The summed E-state index contributed by atoms with van der Waals surface area (Å²) in [6.45, 7) is 0. The molecule has 0 aliphatic carbocycles. The summed E-state index contributed by atoms with van der Waals surface area (Å²) >= 11 is 3.50. The maximum Gasteiger partial charge on any atom is 0.0259 e. The predicted molar refractivity (Wildman–Crippen MR) is 58.4 cm³/mol. The van der Waals surface area contributed by atoms with Crippen molar-refractivity contribution < 1.29 is 0 Å². The van der Waals surface area contributed by atoms with Crippen molar-refractivity contribution in [2.24, 2.45) is 0 Å². The van der Waals surface area contributed by atoms with Gasteiger partial charge in [0.15, 0.2) is 0 Å². The van der Waals surface area contributed by atoms with Crippen LogP contribution in [0.3, 0.4) is 0 Å². The summed E-state index contributed by atoms with van der Waals surface area (Å²) in [6.07, 6.45) is 0. The minimum absolute atomic E-state index is 1.08. The van der Waals surface area contributed by atoms with E-state index in [1.54, 1.807) is 0 Å². The van der Waals surface area contributed by atoms with Gasteiger partial charge in [0, 0.05) is 4.47 Å². The Labute approximate surface area is 86.4 Å². The van der Waals surface area contributed by atoms with Crippen LogP contribution >= 0.6 is 15.9 Å². The molecule has 2 rings (SSSR count). The molecule has 0 nitrogen and oxygen atoms in total. The highest BCUT2D eigenvalue weighted by Gasteiger charge is 1.99. The van der Waals surface area contributed by atoms with Gasteiger partial charge < -0.3 is 0 Å². The van der Waals surface area contributed by atoms with Crippen LogP contribution in [0.5, 0.6) is 0 Å². The van der Waals surface area contributed by atoms with Gasteiger partial charge in [0.05, 0.1) is 0 Å². The largest absolute Gasteiger partial charge is 0.0622 e. The Kier molecular flexibility index (Phi) is 2.46. The second kappa shape index (κ2) is 3.75. The van der Waals surface area contributed by atoms with Crippen LogP contribution in [-0.4, -0.2) is 0 Å². The highest BCUT2D eigenvalue weighted by atomic mass is 79.9. The second-order valence-electron chi connectivity index (χ2n) is 2.77. The van der Waals surface area contributed by atoms with Crippen molar-refractivity contribution in [1.29, 1.82) is 0 Å². The van der Waals surface area contributed by atoms with E-state index < -0.39 is 0 Å². The molecule has 0 saturated heterocycles. The van der Waals surface area contributed by atoms with Gasteiger partial charge in [-0.2, -0.15) is 0 Å². The first-order valence-electron chi connectivity index (χ1n) is 4.09. The zero-order valence-electron chi connectivity index (χ0n) is 7.00. The van der Waals surface area contributed by atoms with Crippen molar-refractivity contribution in [2.75, 3.05) is 0 Å². The predicted octanol–water partition coefficient (Wildman–Crippen LogP) is 3.92. The molecule has 0 aliphatic heterocycles. The molecule has 0 atom stereocenters. The summed E-state index contributed by atoms with van der Waals surface area (Å²) in [4.78, 5) is 0. The summed E-state index contributed by atoms with van der Waals surface area (Å²) in [5.74, 6) is 0. The Morgan fingerprint density at radius 3 is 2.46 bits per heavy atom. The smallest absolute Gasteiger partial charge is 0.0259 e. The summed E-state index contributed by atoms with van der Waals surface area (Å²) in [5.41, 5.74) is 2.43. The molecule has 0 bridgehead atoms. The van der Waals surface area contributed by atoms with Crippen LogP contribution in [0, 0.1) is 6.07 Å². The Balaban J connectivity index is 2.54. The van der Waals surface area contributed by atoms with E-state index in [2.05, 4.69) is 40.2 Å². The molecule has 0 aliphatic rings. The molecule has 0 N–H and O–H groups in total. The number of rotatable bonds is 1. The van der Waals surface area contributed by atoms with Gasteiger partial charge in [0.1, 0.15) is 0 Å². The maximum atomic E-state index is 3.50. The van der Waals surface area contributed by atoms with Crippen LogP contribution in [-0.2, 0) is 0 Å². The lowest BCUT2D eigenvalue weighted by molar-refractivity contribution is 1.58. The van der Waals surface area contributed by atoms with E-state index in [9.17, 15) is 0 Å². The zero-order valence-corrected chi connectivity index (χ0v) is 8.58. The average molecular weight is 232 g/mol. The molecular weight excluding hydrogens is 224 g/mol. The number of hydrogen-bond donors (Lipinski definition) is 0. The minimum Gasteiger partial charge on any atom is -0.0622 e. The van der Waals surface area contributed by atoms with E-state index in [1.165, 1.54) is 11.1 Å². The molecule has 0 unspecified atom stereocenters. The second-order valence-corrected chi connectivity index (χ2v) is 3.63. The van der Waals surface area contributed by atoms with Crippen LogP contribution < -0.4 is 0 Å². The SMILES string of the molecule is Brc1c[c]ccc1-c1ccccc1. The van der Waals surface area contributed by atoms with Crippen LogP contribution in [0.25, 0.3) is 11.1 Å². The van der Waals surface area contributed by atoms with E-state index in [0.717, 1.165) is 4.47 Å². The van der Waals surface area contributed by atoms with E-state index in [1.807, 2.05) is 30.3 Å². The molecule has 63 valence electrons. The third-order valence-corrected chi connectivity index (χ3v) is 2.55. The molecule has 0 aromatic heterocycles. The van der Waals surface area contributed by atoms with E-state index in [0.29, 0.717) is 0 Å². The first kappa shape index (κ1) is 8.52. The van der Waals surface area contributed by atoms with Crippen molar-refractivity contribution >= 4 is 15.9 Å². The Morgan fingerprint density at radius 1 is 1.00 bits per heavy atom. The van der Waals surface area contributed by atoms with Gasteiger partial charge in [-0.05, 0) is 23.3 Å².